The molecule has 0 saturated heterocycles. The van der Waals surface area contributed by atoms with Gasteiger partial charge in [-0.2, -0.15) is 0 Å². The molecule has 5 heteroatoms. The van der Waals surface area contributed by atoms with Crippen molar-refractivity contribution in [2.24, 2.45) is 0 Å². The second kappa shape index (κ2) is 9.30. The molecule has 154 valence electrons. The van der Waals surface area contributed by atoms with Gasteiger partial charge in [0.1, 0.15) is 5.69 Å². The predicted molar refractivity (Wildman–Crippen MR) is 124 cm³/mol. The zero-order valence-corrected chi connectivity index (χ0v) is 17.5. The monoisotopic (exact) mass is 408 g/mol. The van der Waals surface area contributed by atoms with E-state index in [1.54, 1.807) is 18.6 Å². The molecule has 0 aliphatic carbocycles. The summed E-state index contributed by atoms with van der Waals surface area (Å²) in [6.07, 6.45) is 7.34. The van der Waals surface area contributed by atoms with E-state index in [2.05, 4.69) is 34.0 Å². The number of rotatable bonds is 7. The Balaban J connectivity index is 1.62. The zero-order chi connectivity index (χ0) is 21.6. The minimum atomic E-state index is -0.181. The van der Waals surface area contributed by atoms with Gasteiger partial charge in [-0.1, -0.05) is 67.9 Å². The molecule has 0 spiro atoms. The standard InChI is InChI=1S/C26H24N4O/c1-2-6-18-9-11-20(12-10-18)23-17-29-26(27)25(30-23)24(31)15-21-16-28-14-13-22(21)19-7-4-3-5-8-19/h3-5,7-14,16-17H,2,6,15H2,1H3,(H2,27,29). The lowest BCUT2D eigenvalue weighted by Crippen LogP contribution is -2.12. The number of aromatic nitrogens is 3. The van der Waals surface area contributed by atoms with Crippen LogP contribution >= 0.6 is 0 Å². The highest BCUT2D eigenvalue weighted by Gasteiger charge is 2.17. The lowest BCUT2D eigenvalue weighted by atomic mass is 9.97. The van der Waals surface area contributed by atoms with Crippen molar-refractivity contribution in [3.63, 3.8) is 0 Å². The molecule has 4 aromatic rings. The largest absolute Gasteiger partial charge is 0.382 e. The third-order valence-electron chi connectivity index (χ3n) is 5.19. The summed E-state index contributed by atoms with van der Waals surface area (Å²) in [6.45, 7) is 2.16. The first-order valence-corrected chi connectivity index (χ1v) is 10.4. The highest BCUT2D eigenvalue weighted by molar-refractivity contribution is 6.00. The van der Waals surface area contributed by atoms with Crippen LogP contribution in [0, 0.1) is 0 Å². The average molecular weight is 409 g/mol. The second-order valence-corrected chi connectivity index (χ2v) is 7.43. The number of Topliss-reactive ketones (excluding diaryl/α,β-unsaturated/α-hetero) is 1. The number of benzene rings is 2. The Morgan fingerprint density at radius 3 is 2.45 bits per heavy atom. The summed E-state index contributed by atoms with van der Waals surface area (Å²) in [4.78, 5) is 26.1. The maximum absolute atomic E-state index is 13.1. The number of pyridine rings is 1. The van der Waals surface area contributed by atoms with Crippen molar-refractivity contribution in [3.8, 4) is 22.4 Å². The summed E-state index contributed by atoms with van der Waals surface area (Å²) in [5, 5.41) is 0. The van der Waals surface area contributed by atoms with Crippen LogP contribution in [0.3, 0.4) is 0 Å². The van der Waals surface area contributed by atoms with Crippen molar-refractivity contribution < 1.29 is 4.79 Å². The molecule has 0 atom stereocenters. The van der Waals surface area contributed by atoms with Crippen molar-refractivity contribution in [3.05, 3.63) is 96.1 Å². The van der Waals surface area contributed by atoms with Crippen LogP contribution in [0.4, 0.5) is 5.82 Å². The number of carbonyl (C=O) groups excluding carboxylic acids is 1. The Hall–Kier alpha value is -3.86. The average Bonchev–Trinajstić information content (AvgIpc) is 2.81. The van der Waals surface area contributed by atoms with E-state index in [9.17, 15) is 4.79 Å². The molecule has 2 aromatic heterocycles. The number of nitrogens with two attached hydrogens (primary N) is 1. The molecule has 0 aliphatic heterocycles. The molecule has 2 aromatic carbocycles. The summed E-state index contributed by atoms with van der Waals surface area (Å²) < 4.78 is 0. The Labute approximate surface area is 182 Å². The number of hydrogen-bond acceptors (Lipinski definition) is 5. The highest BCUT2D eigenvalue weighted by atomic mass is 16.1. The predicted octanol–water partition coefficient (Wildman–Crippen LogP) is 5.17. The smallest absolute Gasteiger partial charge is 0.189 e. The Bertz CT molecular complexity index is 1190. The molecule has 0 amide bonds. The molecule has 2 heterocycles. The van der Waals surface area contributed by atoms with E-state index >= 15 is 0 Å². The third-order valence-corrected chi connectivity index (χ3v) is 5.19. The van der Waals surface area contributed by atoms with Crippen molar-refractivity contribution in [1.82, 2.24) is 15.0 Å². The first kappa shape index (κ1) is 20.4. The molecule has 0 bridgehead atoms. The summed E-state index contributed by atoms with van der Waals surface area (Å²) in [5.41, 5.74) is 11.9. The fourth-order valence-corrected chi connectivity index (χ4v) is 3.60. The fraction of sp³-hybridized carbons (Fsp3) is 0.154. The molecular formula is C26H24N4O. The normalized spacial score (nSPS) is 10.7. The number of carbonyl (C=O) groups is 1. The molecule has 0 aliphatic rings. The Morgan fingerprint density at radius 1 is 0.935 bits per heavy atom. The molecule has 0 saturated carbocycles. The minimum Gasteiger partial charge on any atom is -0.382 e. The van der Waals surface area contributed by atoms with Crippen LogP contribution in [0.15, 0.2) is 79.3 Å². The Kier molecular flexibility index (Phi) is 6.13. The lowest BCUT2D eigenvalue weighted by molar-refractivity contribution is 0.0989. The SMILES string of the molecule is CCCc1ccc(-c2cnc(N)c(C(=O)Cc3cnccc3-c3ccccc3)n2)cc1. The van der Waals surface area contributed by atoms with Gasteiger partial charge < -0.3 is 5.73 Å². The molecule has 4 rings (SSSR count). The molecule has 0 radical (unpaired) electrons. The van der Waals surface area contributed by atoms with Gasteiger partial charge in [0, 0.05) is 24.4 Å². The lowest BCUT2D eigenvalue weighted by Gasteiger charge is -2.10. The quantitative estimate of drug-likeness (QED) is 0.427. The van der Waals surface area contributed by atoms with Gasteiger partial charge in [-0.25, -0.2) is 9.97 Å². The summed E-state index contributed by atoms with van der Waals surface area (Å²) in [7, 11) is 0. The summed E-state index contributed by atoms with van der Waals surface area (Å²) in [6, 6.07) is 20.0. The first-order chi connectivity index (χ1) is 15.2. The number of nitrogen functional groups attached to an aromatic ring is 1. The van der Waals surface area contributed by atoms with Crippen LogP contribution < -0.4 is 5.73 Å². The third kappa shape index (κ3) is 4.67. The number of anilines is 1. The van der Waals surface area contributed by atoms with Gasteiger partial charge in [0.15, 0.2) is 11.6 Å². The fourth-order valence-electron chi connectivity index (χ4n) is 3.60. The maximum Gasteiger partial charge on any atom is 0.189 e. The summed E-state index contributed by atoms with van der Waals surface area (Å²) >= 11 is 0. The van der Waals surface area contributed by atoms with Crippen LogP contribution in [0.1, 0.15) is 35.0 Å². The highest BCUT2D eigenvalue weighted by Crippen LogP contribution is 2.25. The molecular weight excluding hydrogens is 384 g/mol. The molecule has 31 heavy (non-hydrogen) atoms. The number of hydrogen-bond donors (Lipinski definition) is 1. The van der Waals surface area contributed by atoms with Gasteiger partial charge in [-0.05, 0) is 34.7 Å². The van der Waals surface area contributed by atoms with E-state index in [4.69, 9.17) is 5.73 Å². The molecule has 2 N–H and O–H groups in total. The van der Waals surface area contributed by atoms with Crippen LogP contribution in [-0.4, -0.2) is 20.7 Å². The van der Waals surface area contributed by atoms with Gasteiger partial charge in [-0.15, -0.1) is 0 Å². The van der Waals surface area contributed by atoms with Crippen molar-refractivity contribution in [1.29, 1.82) is 0 Å². The zero-order valence-electron chi connectivity index (χ0n) is 17.5. The van der Waals surface area contributed by atoms with Crippen LogP contribution in [0.5, 0.6) is 0 Å². The molecule has 5 nitrogen and oxygen atoms in total. The Morgan fingerprint density at radius 2 is 1.71 bits per heavy atom. The van der Waals surface area contributed by atoms with Gasteiger partial charge in [0.2, 0.25) is 0 Å². The van der Waals surface area contributed by atoms with E-state index in [0.29, 0.717) is 5.69 Å². The van der Waals surface area contributed by atoms with E-state index in [1.165, 1.54) is 5.56 Å². The van der Waals surface area contributed by atoms with E-state index < -0.39 is 0 Å². The second-order valence-electron chi connectivity index (χ2n) is 7.43. The van der Waals surface area contributed by atoms with Crippen molar-refractivity contribution >= 4 is 11.6 Å². The van der Waals surface area contributed by atoms with Gasteiger partial charge in [0.25, 0.3) is 0 Å². The van der Waals surface area contributed by atoms with Crippen molar-refractivity contribution in [2.75, 3.05) is 5.73 Å². The minimum absolute atomic E-state index is 0.140. The van der Waals surface area contributed by atoms with Crippen LogP contribution in [0.2, 0.25) is 0 Å². The number of nitrogens with zero attached hydrogens (tertiary/aromatic N) is 3. The maximum atomic E-state index is 13.1. The van der Waals surface area contributed by atoms with Crippen LogP contribution in [0.25, 0.3) is 22.4 Å². The first-order valence-electron chi connectivity index (χ1n) is 10.4. The summed E-state index contributed by atoms with van der Waals surface area (Å²) in [5.74, 6) is -0.0406. The van der Waals surface area contributed by atoms with Gasteiger partial charge in [-0.3, -0.25) is 9.78 Å². The number of ketones is 1. The molecule has 0 unspecified atom stereocenters. The topological polar surface area (TPSA) is 81.8 Å². The van der Waals surface area contributed by atoms with Gasteiger partial charge in [0.05, 0.1) is 11.9 Å². The van der Waals surface area contributed by atoms with Crippen molar-refractivity contribution in [2.45, 2.75) is 26.2 Å². The van der Waals surface area contributed by atoms with E-state index in [1.807, 2.05) is 48.5 Å². The number of aryl methyl sites for hydroxylation is 1. The van der Waals surface area contributed by atoms with Crippen LogP contribution in [-0.2, 0) is 12.8 Å². The van der Waals surface area contributed by atoms with E-state index in [-0.39, 0.29) is 23.7 Å². The van der Waals surface area contributed by atoms with Gasteiger partial charge >= 0.3 is 0 Å². The molecule has 0 fully saturated rings. The van der Waals surface area contributed by atoms with E-state index in [0.717, 1.165) is 35.1 Å².